The van der Waals surface area contributed by atoms with E-state index >= 15 is 0 Å². The van der Waals surface area contributed by atoms with Crippen molar-refractivity contribution in [1.82, 2.24) is 0 Å². The molecule has 0 nitrogen and oxygen atoms in total. The first-order chi connectivity index (χ1) is 5.27. The molecule has 2 rings (SSSR count). The van der Waals surface area contributed by atoms with Gasteiger partial charge in [0.15, 0.2) is 6.17 Å². The Hall–Kier alpha value is -0.660. The third kappa shape index (κ3) is 1.35. The van der Waals surface area contributed by atoms with Gasteiger partial charge in [0, 0.05) is 6.42 Å². The Morgan fingerprint density at radius 3 is 2.55 bits per heavy atom. The average Bonchev–Trinajstić information content (AvgIpc) is 2.77. The Labute approximate surface area is 64.6 Å². The Balaban J connectivity index is 2.12. The molecule has 2 heteroatoms. The molecule has 0 aromatic heterocycles. The van der Waals surface area contributed by atoms with Crippen molar-refractivity contribution in [3.8, 4) is 0 Å². The minimum atomic E-state index is -1.37. The zero-order valence-corrected chi connectivity index (χ0v) is 6.19. The summed E-state index contributed by atoms with van der Waals surface area (Å²) in [7, 11) is 0. The van der Waals surface area contributed by atoms with Crippen molar-refractivity contribution < 1.29 is 8.78 Å². The molecule has 1 atom stereocenters. The highest BCUT2D eigenvalue weighted by atomic mass is 19.2. The summed E-state index contributed by atoms with van der Waals surface area (Å²) in [5, 5.41) is 0. The second-order valence-corrected chi connectivity index (χ2v) is 3.24. The van der Waals surface area contributed by atoms with E-state index in [1.165, 1.54) is 6.08 Å². The quantitative estimate of drug-likeness (QED) is 0.547. The zero-order valence-electron chi connectivity index (χ0n) is 6.19. The van der Waals surface area contributed by atoms with Crippen LogP contribution in [0.5, 0.6) is 0 Å². The van der Waals surface area contributed by atoms with Crippen LogP contribution in [0.15, 0.2) is 23.6 Å². The first-order valence-corrected chi connectivity index (χ1v) is 3.97. The predicted octanol–water partition coefficient (Wildman–Crippen LogP) is 2.92. The minimum Gasteiger partial charge on any atom is -0.239 e. The van der Waals surface area contributed by atoms with Gasteiger partial charge in [0.2, 0.25) is 0 Å². The molecule has 0 heterocycles. The Morgan fingerprint density at radius 2 is 2.00 bits per heavy atom. The van der Waals surface area contributed by atoms with Crippen molar-refractivity contribution in [1.29, 1.82) is 0 Å². The van der Waals surface area contributed by atoms with E-state index in [0.29, 0.717) is 5.92 Å². The molecule has 1 saturated carbocycles. The van der Waals surface area contributed by atoms with Gasteiger partial charge in [0.05, 0.1) is 0 Å². The molecular weight excluding hydrogens is 146 g/mol. The highest BCUT2D eigenvalue weighted by Gasteiger charge is 2.30. The van der Waals surface area contributed by atoms with E-state index in [1.807, 2.05) is 0 Å². The van der Waals surface area contributed by atoms with Crippen LogP contribution < -0.4 is 0 Å². The van der Waals surface area contributed by atoms with Gasteiger partial charge in [-0.05, 0) is 24.8 Å². The van der Waals surface area contributed by atoms with Crippen molar-refractivity contribution in [3.63, 3.8) is 0 Å². The molecule has 0 amide bonds. The topological polar surface area (TPSA) is 0 Å². The summed E-state index contributed by atoms with van der Waals surface area (Å²) in [4.78, 5) is 0. The second kappa shape index (κ2) is 2.43. The Morgan fingerprint density at radius 1 is 1.27 bits per heavy atom. The van der Waals surface area contributed by atoms with Gasteiger partial charge in [-0.2, -0.15) is 0 Å². The van der Waals surface area contributed by atoms with Gasteiger partial charge in [-0.3, -0.25) is 0 Å². The van der Waals surface area contributed by atoms with Crippen LogP contribution in [0.3, 0.4) is 0 Å². The van der Waals surface area contributed by atoms with Gasteiger partial charge < -0.3 is 0 Å². The summed E-state index contributed by atoms with van der Waals surface area (Å²) in [5.74, 6) is -0.0491. The van der Waals surface area contributed by atoms with E-state index in [-0.39, 0.29) is 6.42 Å². The summed E-state index contributed by atoms with van der Waals surface area (Å²) >= 11 is 0. The lowest BCUT2D eigenvalue weighted by Crippen LogP contribution is -2.07. The summed E-state index contributed by atoms with van der Waals surface area (Å²) < 4.78 is 25.2. The first kappa shape index (κ1) is 7.01. The first-order valence-electron chi connectivity index (χ1n) is 3.97. The maximum Gasteiger partial charge on any atom is 0.155 e. The number of hydrogen-bond donors (Lipinski definition) is 0. The standard InChI is InChI=1S/C9H10F2/c10-8-4-3-7(5-9(8)11)6-1-2-6/h3-4,6,9H,1-2,5H2. The molecular formula is C9H10F2. The molecule has 0 aliphatic heterocycles. The van der Waals surface area contributed by atoms with Crippen LogP contribution in [-0.4, -0.2) is 6.17 Å². The molecule has 11 heavy (non-hydrogen) atoms. The summed E-state index contributed by atoms with van der Waals surface area (Å²) in [6.07, 6.45) is 4.25. The second-order valence-electron chi connectivity index (χ2n) is 3.24. The van der Waals surface area contributed by atoms with E-state index in [1.54, 1.807) is 6.08 Å². The molecule has 0 spiro atoms. The van der Waals surface area contributed by atoms with Crippen molar-refractivity contribution in [2.75, 3.05) is 0 Å². The van der Waals surface area contributed by atoms with Crippen molar-refractivity contribution >= 4 is 0 Å². The predicted molar refractivity (Wildman–Crippen MR) is 39.5 cm³/mol. The van der Waals surface area contributed by atoms with Crippen molar-refractivity contribution in [2.24, 2.45) is 5.92 Å². The minimum absolute atomic E-state index is 0.285. The Kier molecular flexibility index (Phi) is 1.55. The lowest BCUT2D eigenvalue weighted by atomic mass is 9.99. The third-order valence-electron chi connectivity index (χ3n) is 2.27. The zero-order chi connectivity index (χ0) is 7.84. The highest BCUT2D eigenvalue weighted by molar-refractivity contribution is 5.27. The van der Waals surface area contributed by atoms with Crippen LogP contribution in [0.2, 0.25) is 0 Å². The van der Waals surface area contributed by atoms with Crippen LogP contribution in [-0.2, 0) is 0 Å². The lowest BCUT2D eigenvalue weighted by Gasteiger charge is -2.12. The maximum atomic E-state index is 12.7. The van der Waals surface area contributed by atoms with E-state index < -0.39 is 12.0 Å². The number of allylic oxidation sites excluding steroid dienone is 4. The molecule has 1 fully saturated rings. The van der Waals surface area contributed by atoms with Crippen LogP contribution >= 0.6 is 0 Å². The highest BCUT2D eigenvalue weighted by Crippen LogP contribution is 2.41. The van der Waals surface area contributed by atoms with Crippen LogP contribution in [0.1, 0.15) is 19.3 Å². The van der Waals surface area contributed by atoms with Crippen LogP contribution in [0, 0.1) is 5.92 Å². The number of halogens is 2. The van der Waals surface area contributed by atoms with Crippen molar-refractivity contribution in [3.05, 3.63) is 23.6 Å². The SMILES string of the molecule is FC1=CC=C(C2CC2)CC1F. The molecule has 0 bridgehead atoms. The van der Waals surface area contributed by atoms with Crippen LogP contribution in [0.25, 0.3) is 0 Å². The number of alkyl halides is 1. The van der Waals surface area contributed by atoms with E-state index in [9.17, 15) is 8.78 Å². The molecule has 1 unspecified atom stereocenters. The smallest absolute Gasteiger partial charge is 0.155 e. The van der Waals surface area contributed by atoms with Gasteiger partial charge in [-0.25, -0.2) is 8.78 Å². The normalized spacial score (nSPS) is 31.3. The average molecular weight is 156 g/mol. The fourth-order valence-electron chi connectivity index (χ4n) is 1.42. The fourth-order valence-corrected chi connectivity index (χ4v) is 1.42. The van der Waals surface area contributed by atoms with Crippen LogP contribution in [0.4, 0.5) is 8.78 Å². The molecule has 2 aliphatic rings. The number of hydrogen-bond acceptors (Lipinski definition) is 0. The molecule has 0 N–H and O–H groups in total. The van der Waals surface area contributed by atoms with E-state index in [2.05, 4.69) is 0 Å². The molecule has 0 aromatic carbocycles. The summed E-state index contributed by atoms with van der Waals surface area (Å²) in [6, 6.07) is 0. The monoisotopic (exact) mass is 156 g/mol. The van der Waals surface area contributed by atoms with Gasteiger partial charge in [-0.15, -0.1) is 0 Å². The lowest BCUT2D eigenvalue weighted by molar-refractivity contribution is 0.317. The molecule has 60 valence electrons. The van der Waals surface area contributed by atoms with Gasteiger partial charge in [0.25, 0.3) is 0 Å². The molecule has 0 saturated heterocycles. The molecule has 0 aromatic rings. The largest absolute Gasteiger partial charge is 0.239 e. The van der Waals surface area contributed by atoms with E-state index in [0.717, 1.165) is 18.4 Å². The summed E-state index contributed by atoms with van der Waals surface area (Å²) in [6.45, 7) is 0. The summed E-state index contributed by atoms with van der Waals surface area (Å²) in [5.41, 5.74) is 1.10. The molecule has 2 aliphatic carbocycles. The Bertz CT molecular complexity index is 224. The van der Waals surface area contributed by atoms with Crippen molar-refractivity contribution in [2.45, 2.75) is 25.4 Å². The molecule has 0 radical (unpaired) electrons. The van der Waals surface area contributed by atoms with Gasteiger partial charge in [0.1, 0.15) is 5.83 Å². The number of rotatable bonds is 1. The van der Waals surface area contributed by atoms with Gasteiger partial charge in [-0.1, -0.05) is 11.6 Å². The van der Waals surface area contributed by atoms with E-state index in [4.69, 9.17) is 0 Å². The fraction of sp³-hybridized carbons (Fsp3) is 0.556. The van der Waals surface area contributed by atoms with Gasteiger partial charge >= 0.3 is 0 Å². The maximum absolute atomic E-state index is 12.7. The third-order valence-corrected chi connectivity index (χ3v) is 2.27.